The first-order valence-corrected chi connectivity index (χ1v) is 10.7. The van der Waals surface area contributed by atoms with Crippen LogP contribution in [0.25, 0.3) is 11.3 Å². The highest BCUT2D eigenvalue weighted by molar-refractivity contribution is 8.01. The van der Waals surface area contributed by atoms with Crippen LogP contribution < -0.4 is 5.32 Å². The largest absolute Gasteiger partial charge is 0.480 e. The molecule has 1 aromatic carbocycles. The highest BCUT2D eigenvalue weighted by Crippen LogP contribution is 2.45. The maximum atomic E-state index is 14.4. The lowest BCUT2D eigenvalue weighted by Crippen LogP contribution is -2.55. The van der Waals surface area contributed by atoms with Crippen molar-refractivity contribution in [3.8, 4) is 11.3 Å². The fraction of sp³-hybridized carbons (Fsp3) is 0.350. The first-order valence-electron chi connectivity index (χ1n) is 9.48. The van der Waals surface area contributed by atoms with Gasteiger partial charge in [-0.05, 0) is 32.9 Å². The van der Waals surface area contributed by atoms with Crippen LogP contribution in [0.3, 0.4) is 0 Å². The lowest BCUT2D eigenvalue weighted by molar-refractivity contribution is -0.149. The minimum atomic E-state index is -1.70. The van der Waals surface area contributed by atoms with Gasteiger partial charge < -0.3 is 25.0 Å². The molecule has 2 amide bonds. The number of amides is 2. The van der Waals surface area contributed by atoms with E-state index < -0.39 is 45.9 Å². The molecule has 1 aromatic heterocycles. The van der Waals surface area contributed by atoms with Crippen molar-refractivity contribution in [1.82, 2.24) is 15.4 Å². The number of carbonyl (C=O) groups excluding carboxylic acids is 2. The van der Waals surface area contributed by atoms with E-state index in [-0.39, 0.29) is 34.0 Å². The first kappa shape index (κ1) is 24.5. The summed E-state index contributed by atoms with van der Waals surface area (Å²) in [7, 11) is 0. The quantitative estimate of drug-likeness (QED) is 0.488. The van der Waals surface area contributed by atoms with Gasteiger partial charge in [-0.25, -0.2) is 14.0 Å². The number of rotatable bonds is 7. The van der Waals surface area contributed by atoms with Crippen molar-refractivity contribution in [2.75, 3.05) is 0 Å². The summed E-state index contributed by atoms with van der Waals surface area (Å²) in [6, 6.07) is 0.832. The molecule has 1 fully saturated rings. The smallest absolute Gasteiger partial charge is 0.329 e. The maximum Gasteiger partial charge on any atom is 0.329 e. The summed E-state index contributed by atoms with van der Waals surface area (Å²) in [5.74, 6) is -4.60. The molecule has 3 N–H and O–H groups in total. The summed E-state index contributed by atoms with van der Waals surface area (Å²) < 4.78 is 18.4. The Balaban J connectivity index is 2.00. The highest BCUT2D eigenvalue weighted by atomic mass is 35.5. The van der Waals surface area contributed by atoms with Gasteiger partial charge in [0.25, 0.3) is 5.91 Å². The fourth-order valence-electron chi connectivity index (χ4n) is 3.73. The zero-order valence-electron chi connectivity index (χ0n) is 17.5. The number of hydrogen-bond acceptors (Lipinski definition) is 7. The number of halogens is 2. The van der Waals surface area contributed by atoms with Crippen LogP contribution in [0, 0.1) is 12.7 Å². The summed E-state index contributed by atoms with van der Waals surface area (Å²) in [6.45, 7) is 4.48. The zero-order chi connectivity index (χ0) is 24.7. The Hall–Kier alpha value is -3.12. The summed E-state index contributed by atoms with van der Waals surface area (Å²) in [5.41, 5.74) is -0.680. The molecule has 2 aromatic rings. The molecule has 0 aliphatic carbocycles. The number of carbonyl (C=O) groups is 4. The predicted molar refractivity (Wildman–Crippen MR) is 115 cm³/mol. The van der Waals surface area contributed by atoms with E-state index in [1.165, 1.54) is 19.1 Å². The molecule has 1 saturated heterocycles. The maximum absolute atomic E-state index is 14.4. The van der Waals surface area contributed by atoms with E-state index in [9.17, 15) is 33.8 Å². The highest BCUT2D eigenvalue weighted by Gasteiger charge is 2.55. The first-order chi connectivity index (χ1) is 15.4. The van der Waals surface area contributed by atoms with Crippen molar-refractivity contribution >= 4 is 47.6 Å². The number of nitrogens with one attached hydrogen (secondary N) is 1. The van der Waals surface area contributed by atoms with Crippen molar-refractivity contribution in [2.24, 2.45) is 0 Å². The third kappa shape index (κ3) is 4.40. The Morgan fingerprint density at radius 3 is 2.58 bits per heavy atom. The van der Waals surface area contributed by atoms with Gasteiger partial charge in [0, 0.05) is 4.75 Å². The van der Waals surface area contributed by atoms with Crippen molar-refractivity contribution in [3.63, 3.8) is 0 Å². The molecule has 33 heavy (non-hydrogen) atoms. The number of hydrogen-bond donors (Lipinski definition) is 3. The van der Waals surface area contributed by atoms with E-state index in [4.69, 9.17) is 16.1 Å². The van der Waals surface area contributed by atoms with Crippen molar-refractivity contribution in [2.45, 2.75) is 43.0 Å². The van der Waals surface area contributed by atoms with Gasteiger partial charge >= 0.3 is 11.9 Å². The van der Waals surface area contributed by atoms with Crippen LogP contribution in [0.2, 0.25) is 5.02 Å². The lowest BCUT2D eigenvalue weighted by atomic mass is 10.0. The molecule has 3 rings (SSSR count). The van der Waals surface area contributed by atoms with Crippen LogP contribution in [0.5, 0.6) is 0 Å². The molecule has 2 heterocycles. The molecule has 0 spiro atoms. The molecular weight excluding hydrogens is 481 g/mol. The van der Waals surface area contributed by atoms with Crippen molar-refractivity contribution in [3.05, 3.63) is 40.4 Å². The average Bonchev–Trinajstić information content (AvgIpc) is 3.21. The monoisotopic (exact) mass is 499 g/mol. The molecule has 1 aliphatic heterocycles. The van der Waals surface area contributed by atoms with Gasteiger partial charge in [0.2, 0.25) is 6.41 Å². The Morgan fingerprint density at radius 1 is 1.36 bits per heavy atom. The van der Waals surface area contributed by atoms with Gasteiger partial charge in [-0.3, -0.25) is 9.59 Å². The summed E-state index contributed by atoms with van der Waals surface area (Å²) in [6.07, 6.45) is 0.239. The Bertz CT molecular complexity index is 1120. The van der Waals surface area contributed by atoms with E-state index >= 15 is 0 Å². The number of benzene rings is 1. The number of thioether (sulfide) groups is 1. The number of carboxylic acids is 2. The summed E-state index contributed by atoms with van der Waals surface area (Å²) in [5, 5.41) is 24.1. The average molecular weight is 500 g/mol. The lowest BCUT2D eigenvalue weighted by Gasteiger charge is -2.28. The van der Waals surface area contributed by atoms with Crippen LogP contribution in [-0.2, 0) is 14.4 Å². The molecular formula is C20H19ClFN3O7S. The van der Waals surface area contributed by atoms with Gasteiger partial charge in [0.05, 0.1) is 10.6 Å². The molecule has 1 aliphatic rings. The van der Waals surface area contributed by atoms with E-state index in [1.54, 1.807) is 13.8 Å². The third-order valence-electron chi connectivity index (χ3n) is 5.16. The normalized spacial score (nSPS) is 20.3. The topological polar surface area (TPSA) is 150 Å². The Morgan fingerprint density at radius 2 is 2.03 bits per heavy atom. The van der Waals surface area contributed by atoms with Crippen LogP contribution in [0.4, 0.5) is 4.39 Å². The molecule has 176 valence electrons. The van der Waals surface area contributed by atoms with E-state index in [0.29, 0.717) is 0 Å². The zero-order valence-corrected chi connectivity index (χ0v) is 19.1. The van der Waals surface area contributed by atoms with Gasteiger partial charge in [-0.2, -0.15) is 0 Å². The molecule has 0 radical (unpaired) electrons. The third-order valence-corrected chi connectivity index (χ3v) is 7.06. The van der Waals surface area contributed by atoms with Crippen molar-refractivity contribution in [1.29, 1.82) is 0 Å². The second kappa shape index (κ2) is 9.02. The number of carboxylic acid groups (broad SMARTS) is 2. The van der Waals surface area contributed by atoms with E-state index in [2.05, 4.69) is 10.5 Å². The van der Waals surface area contributed by atoms with E-state index in [1.807, 2.05) is 0 Å². The van der Waals surface area contributed by atoms with Gasteiger partial charge in [0.15, 0.2) is 6.04 Å². The summed E-state index contributed by atoms with van der Waals surface area (Å²) >= 11 is 6.99. The predicted octanol–water partition coefficient (Wildman–Crippen LogP) is 2.39. The molecule has 1 unspecified atom stereocenters. The SMILES string of the molecule is Cc1onc(-c2c(F)cccc2Cl)c1C(=O)NC(C(=O)O)[C@H]1SC(C)(C)[C@H](C(=O)O)N1C=O. The number of aliphatic carboxylic acids is 2. The number of aryl methyl sites for hydroxylation is 1. The van der Waals surface area contributed by atoms with Crippen LogP contribution >= 0.6 is 23.4 Å². The van der Waals surface area contributed by atoms with Gasteiger partial charge in [-0.15, -0.1) is 11.8 Å². The number of nitrogens with zero attached hydrogens (tertiary/aromatic N) is 2. The van der Waals surface area contributed by atoms with E-state index in [0.717, 1.165) is 22.7 Å². The second-order valence-corrected chi connectivity index (χ2v) is 9.93. The van der Waals surface area contributed by atoms with Gasteiger partial charge in [-0.1, -0.05) is 22.8 Å². The fourth-order valence-corrected chi connectivity index (χ4v) is 5.57. The Labute approximate surface area is 196 Å². The van der Waals surface area contributed by atoms with Crippen LogP contribution in [0.15, 0.2) is 22.7 Å². The molecule has 10 nitrogen and oxygen atoms in total. The van der Waals surface area contributed by atoms with Crippen LogP contribution in [0.1, 0.15) is 30.0 Å². The summed E-state index contributed by atoms with van der Waals surface area (Å²) in [4.78, 5) is 49.4. The minimum absolute atomic E-state index is 0.0268. The second-order valence-electron chi connectivity index (χ2n) is 7.75. The Kier molecular flexibility index (Phi) is 6.70. The molecule has 3 atom stereocenters. The minimum Gasteiger partial charge on any atom is -0.480 e. The van der Waals surface area contributed by atoms with Gasteiger partial charge in [0.1, 0.15) is 34.3 Å². The molecule has 0 saturated carbocycles. The molecule has 0 bridgehead atoms. The van der Waals surface area contributed by atoms with Crippen molar-refractivity contribution < 1.29 is 38.3 Å². The van der Waals surface area contributed by atoms with Crippen LogP contribution in [-0.4, -0.2) is 66.7 Å². The number of aromatic nitrogens is 1. The molecule has 13 heteroatoms. The standard InChI is InChI=1S/C20H19ClFN3O7S/c1-8-11(13(24-32-8)12-9(21)5-4-6-10(12)22)16(27)23-14(18(28)29)17-25(7-26)15(19(30)31)20(2,3)33-17/h4-7,14-15,17H,1-3H3,(H,23,27)(H,28,29)(H,30,31)/t14?,15-,17+/m0/s1.